The van der Waals surface area contributed by atoms with Crippen molar-refractivity contribution in [1.82, 2.24) is 0 Å². The summed E-state index contributed by atoms with van der Waals surface area (Å²) in [7, 11) is 0. The van der Waals surface area contributed by atoms with Gasteiger partial charge in [-0.25, -0.2) is 0 Å². The summed E-state index contributed by atoms with van der Waals surface area (Å²) in [5.41, 5.74) is 1.36. The monoisotopic (exact) mass is 166 g/mol. The largest absolute Gasteiger partial charge is 0.458 e. The van der Waals surface area contributed by atoms with E-state index in [4.69, 9.17) is 4.74 Å². The molecule has 0 spiro atoms. The fourth-order valence-corrected chi connectivity index (χ4v) is 2.12. The second-order valence-electron chi connectivity index (χ2n) is 3.91. The maximum absolute atomic E-state index is 11.2. The minimum Gasteiger partial charge on any atom is -0.458 e. The molecule has 66 valence electrons. The molecule has 1 heterocycles. The molecule has 2 rings (SSSR count). The van der Waals surface area contributed by atoms with E-state index in [1.54, 1.807) is 0 Å². The van der Waals surface area contributed by atoms with Gasteiger partial charge in [0.2, 0.25) is 0 Å². The molecule has 0 radical (unpaired) electrons. The van der Waals surface area contributed by atoms with Crippen LogP contribution in [0.15, 0.2) is 11.6 Å². The van der Waals surface area contributed by atoms with Gasteiger partial charge in [0.1, 0.15) is 6.10 Å². The highest BCUT2D eigenvalue weighted by Gasteiger charge is 2.41. The number of allylic oxidation sites excluding steroid dienone is 1. The van der Waals surface area contributed by atoms with Crippen molar-refractivity contribution < 1.29 is 9.53 Å². The Morgan fingerprint density at radius 2 is 2.33 bits per heavy atom. The number of fused-ring (bicyclic) bond motifs is 1. The molecule has 0 amide bonds. The van der Waals surface area contributed by atoms with Crippen LogP contribution in [0.2, 0.25) is 0 Å². The topological polar surface area (TPSA) is 26.3 Å². The van der Waals surface area contributed by atoms with Crippen molar-refractivity contribution in [3.05, 3.63) is 11.6 Å². The predicted molar refractivity (Wildman–Crippen MR) is 45.5 cm³/mol. The highest BCUT2D eigenvalue weighted by Crippen LogP contribution is 2.37. The molecular weight excluding hydrogens is 152 g/mol. The summed E-state index contributed by atoms with van der Waals surface area (Å²) in [6, 6.07) is 0. The lowest BCUT2D eigenvalue weighted by atomic mass is 9.82. The van der Waals surface area contributed by atoms with Gasteiger partial charge in [0.15, 0.2) is 0 Å². The highest BCUT2D eigenvalue weighted by atomic mass is 16.6. The average molecular weight is 166 g/mol. The van der Waals surface area contributed by atoms with E-state index in [0.29, 0.717) is 5.92 Å². The number of rotatable bonds is 0. The minimum atomic E-state index is -0.0176. The summed E-state index contributed by atoms with van der Waals surface area (Å²) in [5, 5.41) is 0. The van der Waals surface area contributed by atoms with Crippen molar-refractivity contribution in [2.75, 3.05) is 0 Å². The molecule has 12 heavy (non-hydrogen) atoms. The summed E-state index contributed by atoms with van der Waals surface area (Å²) >= 11 is 0. The van der Waals surface area contributed by atoms with Gasteiger partial charge >= 0.3 is 5.97 Å². The van der Waals surface area contributed by atoms with Gasteiger partial charge < -0.3 is 4.74 Å². The Kier molecular flexibility index (Phi) is 1.71. The van der Waals surface area contributed by atoms with E-state index < -0.39 is 0 Å². The van der Waals surface area contributed by atoms with Gasteiger partial charge in [0.05, 0.1) is 5.92 Å². The second kappa shape index (κ2) is 2.61. The third-order valence-electron chi connectivity index (χ3n) is 3.01. The van der Waals surface area contributed by atoms with Crippen molar-refractivity contribution in [3.63, 3.8) is 0 Å². The third kappa shape index (κ3) is 1.06. The molecule has 0 aromatic carbocycles. The summed E-state index contributed by atoms with van der Waals surface area (Å²) in [6.07, 6.45) is 4.43. The predicted octanol–water partition coefficient (Wildman–Crippen LogP) is 1.90. The lowest BCUT2D eigenvalue weighted by Crippen LogP contribution is -2.21. The number of esters is 1. The van der Waals surface area contributed by atoms with Gasteiger partial charge in [0.25, 0.3) is 0 Å². The van der Waals surface area contributed by atoms with Crippen molar-refractivity contribution in [2.24, 2.45) is 11.8 Å². The SMILES string of the molecule is CC1=C[C@@H]2OC(=O)[C@@H](C)[C@H]2CC1. The quantitative estimate of drug-likeness (QED) is 0.406. The van der Waals surface area contributed by atoms with E-state index >= 15 is 0 Å². The van der Waals surface area contributed by atoms with Crippen LogP contribution in [0.1, 0.15) is 26.7 Å². The number of carbonyl (C=O) groups excluding carboxylic acids is 1. The highest BCUT2D eigenvalue weighted by molar-refractivity contribution is 5.75. The van der Waals surface area contributed by atoms with Gasteiger partial charge in [-0.2, -0.15) is 0 Å². The zero-order chi connectivity index (χ0) is 8.72. The molecule has 3 atom stereocenters. The smallest absolute Gasteiger partial charge is 0.309 e. The molecule has 1 aliphatic heterocycles. The lowest BCUT2D eigenvalue weighted by Gasteiger charge is -2.22. The van der Waals surface area contributed by atoms with E-state index in [1.807, 2.05) is 6.92 Å². The van der Waals surface area contributed by atoms with Gasteiger partial charge in [-0.3, -0.25) is 4.79 Å². The fourth-order valence-electron chi connectivity index (χ4n) is 2.12. The van der Waals surface area contributed by atoms with Crippen LogP contribution in [-0.2, 0) is 9.53 Å². The van der Waals surface area contributed by atoms with Crippen molar-refractivity contribution in [1.29, 1.82) is 0 Å². The molecule has 0 saturated carbocycles. The van der Waals surface area contributed by atoms with E-state index in [9.17, 15) is 4.79 Å². The summed E-state index contributed by atoms with van der Waals surface area (Å²) < 4.78 is 5.23. The number of hydrogen-bond donors (Lipinski definition) is 0. The standard InChI is InChI=1S/C10H14O2/c1-6-3-4-8-7(2)10(11)12-9(8)5-6/h5,7-9H,3-4H2,1-2H3/t7-,8+,9-/m0/s1. The van der Waals surface area contributed by atoms with Crippen molar-refractivity contribution >= 4 is 5.97 Å². The number of hydrogen-bond acceptors (Lipinski definition) is 2. The van der Waals surface area contributed by atoms with Crippen molar-refractivity contribution in [3.8, 4) is 0 Å². The molecule has 2 nitrogen and oxygen atoms in total. The van der Waals surface area contributed by atoms with Gasteiger partial charge in [-0.1, -0.05) is 12.5 Å². The summed E-state index contributed by atoms with van der Waals surface area (Å²) in [5.74, 6) is 0.538. The van der Waals surface area contributed by atoms with Crippen LogP contribution in [-0.4, -0.2) is 12.1 Å². The molecular formula is C10H14O2. The maximum atomic E-state index is 11.2. The van der Waals surface area contributed by atoms with Crippen LogP contribution in [0.5, 0.6) is 0 Å². The Balaban J connectivity index is 2.22. The van der Waals surface area contributed by atoms with Crippen LogP contribution in [0, 0.1) is 11.8 Å². The molecule has 1 aliphatic carbocycles. The molecule has 2 aliphatic rings. The second-order valence-corrected chi connectivity index (χ2v) is 3.91. The van der Waals surface area contributed by atoms with Crippen LogP contribution >= 0.6 is 0 Å². The molecule has 0 N–H and O–H groups in total. The first-order chi connectivity index (χ1) is 5.68. The molecule has 0 bridgehead atoms. The number of carbonyl (C=O) groups is 1. The van der Waals surface area contributed by atoms with Crippen LogP contribution in [0.3, 0.4) is 0 Å². The van der Waals surface area contributed by atoms with E-state index in [0.717, 1.165) is 12.8 Å². The maximum Gasteiger partial charge on any atom is 0.309 e. The molecule has 0 aromatic rings. The minimum absolute atomic E-state index is 0.0176. The normalized spacial score (nSPS) is 40.3. The van der Waals surface area contributed by atoms with E-state index in [1.165, 1.54) is 5.57 Å². The van der Waals surface area contributed by atoms with Gasteiger partial charge in [-0.15, -0.1) is 0 Å². The Hall–Kier alpha value is -0.790. The van der Waals surface area contributed by atoms with Crippen LogP contribution < -0.4 is 0 Å². The first kappa shape index (κ1) is 7.84. The third-order valence-corrected chi connectivity index (χ3v) is 3.01. The van der Waals surface area contributed by atoms with Crippen LogP contribution in [0.4, 0.5) is 0 Å². The van der Waals surface area contributed by atoms with Crippen LogP contribution in [0.25, 0.3) is 0 Å². The Labute approximate surface area is 72.6 Å². The van der Waals surface area contributed by atoms with Gasteiger partial charge in [-0.05, 0) is 25.8 Å². The molecule has 2 heteroatoms. The summed E-state index contributed by atoms with van der Waals surface area (Å²) in [6.45, 7) is 4.08. The van der Waals surface area contributed by atoms with Gasteiger partial charge in [0, 0.05) is 5.92 Å². The molecule has 1 fully saturated rings. The Bertz CT molecular complexity index is 242. The fraction of sp³-hybridized carbons (Fsp3) is 0.700. The summed E-state index contributed by atoms with van der Waals surface area (Å²) in [4.78, 5) is 11.2. The van der Waals surface area contributed by atoms with E-state index in [2.05, 4.69) is 13.0 Å². The van der Waals surface area contributed by atoms with E-state index in [-0.39, 0.29) is 18.0 Å². The number of ether oxygens (including phenoxy) is 1. The molecule has 1 saturated heterocycles. The zero-order valence-electron chi connectivity index (χ0n) is 7.54. The lowest BCUT2D eigenvalue weighted by molar-refractivity contribution is -0.142. The Morgan fingerprint density at radius 3 is 3.08 bits per heavy atom. The van der Waals surface area contributed by atoms with Crippen molar-refractivity contribution in [2.45, 2.75) is 32.8 Å². The Morgan fingerprint density at radius 1 is 1.58 bits per heavy atom. The first-order valence-electron chi connectivity index (χ1n) is 4.56. The first-order valence-corrected chi connectivity index (χ1v) is 4.56. The molecule has 0 unspecified atom stereocenters. The zero-order valence-corrected chi connectivity index (χ0v) is 7.54. The average Bonchev–Trinajstić information content (AvgIpc) is 2.28. The molecule has 0 aromatic heterocycles.